The second kappa shape index (κ2) is 8.94. The summed E-state index contributed by atoms with van der Waals surface area (Å²) in [5.74, 6) is 1.49. The van der Waals surface area contributed by atoms with Gasteiger partial charge in [0.15, 0.2) is 0 Å². The van der Waals surface area contributed by atoms with Crippen molar-refractivity contribution < 1.29 is 9.47 Å². The third kappa shape index (κ3) is 7.19. The lowest BCUT2D eigenvalue weighted by atomic mass is 10.1. The summed E-state index contributed by atoms with van der Waals surface area (Å²) in [7, 11) is 1.99. The predicted molar refractivity (Wildman–Crippen MR) is 79.8 cm³/mol. The first kappa shape index (κ1) is 16.0. The Kier molecular flexibility index (Phi) is 7.53. The predicted octanol–water partition coefficient (Wildman–Crippen LogP) is 2.89. The lowest BCUT2D eigenvalue weighted by molar-refractivity contribution is 0.0819. The van der Waals surface area contributed by atoms with Crippen molar-refractivity contribution in [3.63, 3.8) is 0 Å². The zero-order chi connectivity index (χ0) is 14.1. The average molecular weight is 265 g/mol. The Hall–Kier alpha value is -1.06. The van der Waals surface area contributed by atoms with E-state index in [1.807, 2.05) is 19.2 Å². The molecule has 0 amide bonds. The molecule has 0 heterocycles. The summed E-state index contributed by atoms with van der Waals surface area (Å²) in [6.07, 6.45) is 1.04. The van der Waals surface area contributed by atoms with Crippen molar-refractivity contribution >= 4 is 0 Å². The van der Waals surface area contributed by atoms with Crippen LogP contribution in [0.15, 0.2) is 24.3 Å². The Morgan fingerprint density at radius 2 is 1.74 bits per heavy atom. The zero-order valence-corrected chi connectivity index (χ0v) is 12.6. The summed E-state index contributed by atoms with van der Waals surface area (Å²) in [6, 6.07) is 8.80. The van der Waals surface area contributed by atoms with E-state index in [4.69, 9.17) is 9.47 Å². The number of ether oxygens (including phenoxy) is 2. The Bertz CT molecular complexity index is 335. The van der Waals surface area contributed by atoms with Gasteiger partial charge in [0.1, 0.15) is 12.4 Å². The zero-order valence-electron chi connectivity index (χ0n) is 12.6. The molecule has 19 heavy (non-hydrogen) atoms. The SMILES string of the molecule is CNC(C)Cc1ccc(OCCOCC(C)C)cc1. The molecule has 108 valence electrons. The van der Waals surface area contributed by atoms with E-state index in [-0.39, 0.29) is 0 Å². The quantitative estimate of drug-likeness (QED) is 0.696. The monoisotopic (exact) mass is 265 g/mol. The Labute approximate surface area is 117 Å². The molecule has 3 heteroatoms. The van der Waals surface area contributed by atoms with Crippen LogP contribution < -0.4 is 10.1 Å². The first-order valence-electron chi connectivity index (χ1n) is 7.08. The maximum atomic E-state index is 5.63. The van der Waals surface area contributed by atoms with Gasteiger partial charge in [-0.2, -0.15) is 0 Å². The number of likely N-dealkylation sites (N-methyl/N-ethyl adjacent to an activating group) is 1. The average Bonchev–Trinajstić information content (AvgIpc) is 2.39. The van der Waals surface area contributed by atoms with E-state index in [9.17, 15) is 0 Å². The van der Waals surface area contributed by atoms with E-state index in [2.05, 4.69) is 38.2 Å². The van der Waals surface area contributed by atoms with Gasteiger partial charge < -0.3 is 14.8 Å². The molecular formula is C16H27NO2. The highest BCUT2D eigenvalue weighted by atomic mass is 16.5. The third-order valence-electron chi connectivity index (χ3n) is 2.91. The van der Waals surface area contributed by atoms with Gasteiger partial charge in [-0.05, 0) is 44.0 Å². The molecule has 0 saturated carbocycles. The van der Waals surface area contributed by atoms with Crippen LogP contribution in [0.3, 0.4) is 0 Å². The fourth-order valence-electron chi connectivity index (χ4n) is 1.71. The minimum absolute atomic E-state index is 0.496. The van der Waals surface area contributed by atoms with Crippen LogP contribution in [0, 0.1) is 5.92 Å². The lowest BCUT2D eigenvalue weighted by Gasteiger charge is -2.11. The van der Waals surface area contributed by atoms with Crippen molar-refractivity contribution in [3.05, 3.63) is 29.8 Å². The molecule has 0 saturated heterocycles. The molecule has 3 nitrogen and oxygen atoms in total. The first-order valence-corrected chi connectivity index (χ1v) is 7.08. The normalized spacial score (nSPS) is 12.7. The van der Waals surface area contributed by atoms with Gasteiger partial charge in [0.2, 0.25) is 0 Å². The van der Waals surface area contributed by atoms with Gasteiger partial charge in [-0.15, -0.1) is 0 Å². The van der Waals surface area contributed by atoms with E-state index >= 15 is 0 Å². The number of hydrogen-bond donors (Lipinski definition) is 1. The highest BCUT2D eigenvalue weighted by Gasteiger charge is 2.01. The van der Waals surface area contributed by atoms with Gasteiger partial charge in [-0.25, -0.2) is 0 Å². The lowest BCUT2D eigenvalue weighted by Crippen LogP contribution is -2.23. The molecule has 0 spiro atoms. The summed E-state index contributed by atoms with van der Waals surface area (Å²) in [5, 5.41) is 3.24. The topological polar surface area (TPSA) is 30.5 Å². The van der Waals surface area contributed by atoms with Crippen molar-refractivity contribution in [2.24, 2.45) is 5.92 Å². The van der Waals surface area contributed by atoms with Gasteiger partial charge in [-0.3, -0.25) is 0 Å². The Morgan fingerprint density at radius 3 is 2.32 bits per heavy atom. The molecule has 0 fully saturated rings. The molecule has 1 unspecified atom stereocenters. The van der Waals surface area contributed by atoms with E-state index in [0.717, 1.165) is 18.8 Å². The molecule has 1 rings (SSSR count). The minimum Gasteiger partial charge on any atom is -0.491 e. The maximum Gasteiger partial charge on any atom is 0.119 e. The maximum absolute atomic E-state index is 5.63. The molecule has 0 aliphatic rings. The van der Waals surface area contributed by atoms with Crippen LogP contribution in [0.5, 0.6) is 5.75 Å². The van der Waals surface area contributed by atoms with E-state index in [1.54, 1.807) is 0 Å². The Balaban J connectivity index is 2.24. The third-order valence-corrected chi connectivity index (χ3v) is 2.91. The molecule has 0 aliphatic heterocycles. The highest BCUT2D eigenvalue weighted by Crippen LogP contribution is 2.13. The molecule has 1 aromatic carbocycles. The standard InChI is InChI=1S/C16H27NO2/c1-13(2)12-18-9-10-19-16-7-5-15(6-8-16)11-14(3)17-4/h5-8,13-14,17H,9-12H2,1-4H3. The van der Waals surface area contributed by atoms with Crippen LogP contribution in [0.1, 0.15) is 26.3 Å². The summed E-state index contributed by atoms with van der Waals surface area (Å²) >= 11 is 0. The fourth-order valence-corrected chi connectivity index (χ4v) is 1.71. The van der Waals surface area contributed by atoms with Crippen molar-refractivity contribution in [2.45, 2.75) is 33.2 Å². The van der Waals surface area contributed by atoms with Crippen molar-refractivity contribution in [1.29, 1.82) is 0 Å². The second-order valence-electron chi connectivity index (χ2n) is 5.36. The van der Waals surface area contributed by atoms with Crippen molar-refractivity contribution in [1.82, 2.24) is 5.32 Å². The van der Waals surface area contributed by atoms with E-state index < -0.39 is 0 Å². The van der Waals surface area contributed by atoms with E-state index in [1.165, 1.54) is 5.56 Å². The van der Waals surface area contributed by atoms with Gasteiger partial charge in [0, 0.05) is 12.6 Å². The van der Waals surface area contributed by atoms with Crippen LogP contribution in [0.4, 0.5) is 0 Å². The summed E-state index contributed by atoms with van der Waals surface area (Å²) in [6.45, 7) is 8.52. The van der Waals surface area contributed by atoms with Gasteiger partial charge in [0.25, 0.3) is 0 Å². The van der Waals surface area contributed by atoms with Crippen LogP contribution in [-0.2, 0) is 11.2 Å². The largest absolute Gasteiger partial charge is 0.491 e. The summed E-state index contributed by atoms with van der Waals surface area (Å²) in [5.41, 5.74) is 1.32. The van der Waals surface area contributed by atoms with Crippen LogP contribution in [0.2, 0.25) is 0 Å². The molecule has 0 aromatic heterocycles. The van der Waals surface area contributed by atoms with E-state index in [0.29, 0.717) is 25.2 Å². The molecule has 1 aromatic rings. The van der Waals surface area contributed by atoms with Crippen molar-refractivity contribution in [3.8, 4) is 5.75 Å². The highest BCUT2D eigenvalue weighted by molar-refractivity contribution is 5.27. The molecule has 0 radical (unpaired) electrons. The first-order chi connectivity index (χ1) is 9.11. The minimum atomic E-state index is 0.496. The number of nitrogens with one attached hydrogen (secondary N) is 1. The smallest absolute Gasteiger partial charge is 0.119 e. The molecule has 0 aliphatic carbocycles. The summed E-state index contributed by atoms with van der Waals surface area (Å²) in [4.78, 5) is 0. The van der Waals surface area contributed by atoms with Crippen molar-refractivity contribution in [2.75, 3.05) is 26.9 Å². The van der Waals surface area contributed by atoms with Gasteiger partial charge in [0.05, 0.1) is 6.61 Å². The molecule has 1 N–H and O–H groups in total. The Morgan fingerprint density at radius 1 is 1.05 bits per heavy atom. The molecule has 1 atom stereocenters. The fraction of sp³-hybridized carbons (Fsp3) is 0.625. The van der Waals surface area contributed by atoms with Gasteiger partial charge in [-0.1, -0.05) is 26.0 Å². The molecule has 0 bridgehead atoms. The van der Waals surface area contributed by atoms with Crippen LogP contribution in [0.25, 0.3) is 0 Å². The second-order valence-corrected chi connectivity index (χ2v) is 5.36. The van der Waals surface area contributed by atoms with Crippen LogP contribution >= 0.6 is 0 Å². The number of hydrogen-bond acceptors (Lipinski definition) is 3. The van der Waals surface area contributed by atoms with Gasteiger partial charge >= 0.3 is 0 Å². The van der Waals surface area contributed by atoms with Crippen LogP contribution in [-0.4, -0.2) is 32.9 Å². The summed E-state index contributed by atoms with van der Waals surface area (Å²) < 4.78 is 11.1. The molecular weight excluding hydrogens is 238 g/mol. The number of rotatable bonds is 9. The number of benzene rings is 1.